The van der Waals surface area contributed by atoms with Crippen LogP contribution < -0.4 is 27.4 Å². The van der Waals surface area contributed by atoms with Crippen molar-refractivity contribution in [2.24, 2.45) is 11.5 Å². The van der Waals surface area contributed by atoms with Crippen molar-refractivity contribution in [1.29, 1.82) is 0 Å². The van der Waals surface area contributed by atoms with E-state index in [1.54, 1.807) is 0 Å². The number of carboxylic acids is 2. The van der Waals surface area contributed by atoms with Crippen LogP contribution in [0.4, 0.5) is 0 Å². The summed E-state index contributed by atoms with van der Waals surface area (Å²) >= 11 is 3.99. The molecule has 0 spiro atoms. The van der Waals surface area contributed by atoms with E-state index in [0.29, 0.717) is 19.4 Å². The van der Waals surface area contributed by atoms with Crippen LogP contribution >= 0.6 is 12.6 Å². The number of hydrogen-bond donors (Lipinski definition) is 8. The first-order valence-corrected chi connectivity index (χ1v) is 9.65. The number of nitrogens with one attached hydrogen (secondary N) is 3. The monoisotopic (exact) mass is 435 g/mol. The van der Waals surface area contributed by atoms with Crippen LogP contribution in [0.25, 0.3) is 0 Å². The number of rotatable bonds is 15. The van der Waals surface area contributed by atoms with Gasteiger partial charge in [0, 0.05) is 12.2 Å². The molecular formula is C16H29N5O7S. The summed E-state index contributed by atoms with van der Waals surface area (Å²) in [6.45, 7) is -0.0156. The van der Waals surface area contributed by atoms with E-state index in [2.05, 4.69) is 28.6 Å². The molecule has 0 aliphatic rings. The Hall–Kier alpha value is -2.38. The molecule has 3 atom stereocenters. The van der Waals surface area contributed by atoms with E-state index in [4.69, 9.17) is 16.6 Å². The van der Waals surface area contributed by atoms with Crippen molar-refractivity contribution in [2.75, 3.05) is 18.8 Å². The van der Waals surface area contributed by atoms with Crippen LogP contribution in [0.3, 0.4) is 0 Å². The second kappa shape index (κ2) is 14.6. The first-order valence-electron chi connectivity index (χ1n) is 9.01. The van der Waals surface area contributed by atoms with Crippen LogP contribution in [0, 0.1) is 0 Å². The Labute approximate surface area is 173 Å². The average Bonchev–Trinajstić information content (AvgIpc) is 2.67. The molecule has 0 aliphatic carbocycles. The van der Waals surface area contributed by atoms with Crippen molar-refractivity contribution < 1.29 is 34.2 Å². The number of hydrogen-bond acceptors (Lipinski definition) is 8. The van der Waals surface area contributed by atoms with Gasteiger partial charge in [-0.25, -0.2) is 4.79 Å². The van der Waals surface area contributed by atoms with Crippen LogP contribution in [0.5, 0.6) is 0 Å². The van der Waals surface area contributed by atoms with Gasteiger partial charge in [-0.3, -0.25) is 19.2 Å². The van der Waals surface area contributed by atoms with Gasteiger partial charge < -0.3 is 37.6 Å². The fourth-order valence-corrected chi connectivity index (χ4v) is 2.54. The lowest BCUT2D eigenvalue weighted by Gasteiger charge is -2.23. The van der Waals surface area contributed by atoms with Crippen molar-refractivity contribution in [3.05, 3.63) is 0 Å². The van der Waals surface area contributed by atoms with Crippen LogP contribution in [0.1, 0.15) is 32.1 Å². The van der Waals surface area contributed by atoms with Crippen LogP contribution in [-0.2, 0) is 24.0 Å². The fourth-order valence-electron chi connectivity index (χ4n) is 2.28. The molecule has 0 fully saturated rings. The van der Waals surface area contributed by atoms with Gasteiger partial charge in [-0.1, -0.05) is 0 Å². The molecule has 12 nitrogen and oxygen atoms in total. The molecule has 0 bridgehead atoms. The SMILES string of the molecule is NCCCCC(NC(=O)C(CS)NC(=O)C(CCC(=O)O)NC(=O)CN)C(=O)O. The summed E-state index contributed by atoms with van der Waals surface area (Å²) in [7, 11) is 0. The van der Waals surface area contributed by atoms with Gasteiger partial charge >= 0.3 is 11.9 Å². The molecular weight excluding hydrogens is 406 g/mol. The number of carboxylic acid groups (broad SMARTS) is 2. The minimum absolute atomic E-state index is 0.150. The maximum absolute atomic E-state index is 12.4. The highest BCUT2D eigenvalue weighted by molar-refractivity contribution is 7.80. The van der Waals surface area contributed by atoms with E-state index in [0.717, 1.165) is 0 Å². The zero-order valence-corrected chi connectivity index (χ0v) is 16.8. The predicted molar refractivity (Wildman–Crippen MR) is 106 cm³/mol. The number of thiol groups is 1. The molecule has 0 aliphatic heterocycles. The third-order valence-corrected chi connectivity index (χ3v) is 4.23. The number of amides is 3. The Bertz CT molecular complexity index is 590. The fraction of sp³-hybridized carbons (Fsp3) is 0.688. The lowest BCUT2D eigenvalue weighted by molar-refractivity contribution is -0.142. The Morgan fingerprint density at radius 1 is 0.828 bits per heavy atom. The predicted octanol–water partition coefficient (Wildman–Crippen LogP) is -2.59. The molecule has 0 aromatic heterocycles. The average molecular weight is 436 g/mol. The summed E-state index contributed by atoms with van der Waals surface area (Å²) in [5, 5.41) is 25.0. The molecule has 0 aromatic rings. The highest BCUT2D eigenvalue weighted by Crippen LogP contribution is 2.03. The number of aliphatic carboxylic acids is 2. The first kappa shape index (κ1) is 26.6. The van der Waals surface area contributed by atoms with Crippen molar-refractivity contribution in [3.8, 4) is 0 Å². The number of carbonyl (C=O) groups is 5. The Morgan fingerprint density at radius 3 is 1.90 bits per heavy atom. The van der Waals surface area contributed by atoms with Crippen LogP contribution in [0.15, 0.2) is 0 Å². The van der Waals surface area contributed by atoms with Gasteiger partial charge in [0.15, 0.2) is 0 Å². The van der Waals surface area contributed by atoms with Crippen LogP contribution in [0.2, 0.25) is 0 Å². The molecule has 29 heavy (non-hydrogen) atoms. The third kappa shape index (κ3) is 11.3. The van der Waals surface area contributed by atoms with Crippen molar-refractivity contribution >= 4 is 42.3 Å². The Balaban J connectivity index is 5.04. The first-order chi connectivity index (χ1) is 13.7. The van der Waals surface area contributed by atoms with Crippen molar-refractivity contribution in [2.45, 2.75) is 50.2 Å². The molecule has 3 unspecified atom stereocenters. The largest absolute Gasteiger partial charge is 0.481 e. The molecule has 0 rings (SSSR count). The van der Waals surface area contributed by atoms with E-state index >= 15 is 0 Å². The summed E-state index contributed by atoms with van der Waals surface area (Å²) in [5.41, 5.74) is 10.6. The lowest BCUT2D eigenvalue weighted by atomic mass is 10.1. The number of nitrogens with two attached hydrogens (primary N) is 2. The van der Waals surface area contributed by atoms with E-state index in [1.807, 2.05) is 0 Å². The smallest absolute Gasteiger partial charge is 0.326 e. The van der Waals surface area contributed by atoms with E-state index in [9.17, 15) is 29.1 Å². The molecule has 0 radical (unpaired) electrons. The van der Waals surface area contributed by atoms with E-state index < -0.39 is 60.8 Å². The maximum atomic E-state index is 12.4. The van der Waals surface area contributed by atoms with Gasteiger partial charge in [0.2, 0.25) is 17.7 Å². The molecule has 0 heterocycles. The molecule has 9 N–H and O–H groups in total. The van der Waals surface area contributed by atoms with Crippen molar-refractivity contribution in [1.82, 2.24) is 16.0 Å². The summed E-state index contributed by atoms with van der Waals surface area (Å²) in [6.07, 6.45) is 0.638. The van der Waals surface area contributed by atoms with E-state index in [1.165, 1.54) is 0 Å². The highest BCUT2D eigenvalue weighted by atomic mass is 32.1. The lowest BCUT2D eigenvalue weighted by Crippen LogP contribution is -2.56. The standard InChI is InChI=1S/C16H29N5O7S/c17-6-2-1-3-10(16(27)28)20-15(26)11(8-29)21-14(25)9(4-5-13(23)24)19-12(22)7-18/h9-11,29H,1-8,17-18H2,(H,19,22)(H,20,26)(H,21,25)(H,23,24)(H,27,28). The number of unbranched alkanes of at least 4 members (excludes halogenated alkanes) is 1. The second-order valence-corrected chi connectivity index (χ2v) is 6.55. The summed E-state index contributed by atoms with van der Waals surface area (Å²) in [6, 6.07) is -3.57. The zero-order valence-electron chi connectivity index (χ0n) is 15.9. The van der Waals surface area contributed by atoms with Gasteiger partial charge in [0.25, 0.3) is 0 Å². The Kier molecular flexibility index (Phi) is 13.4. The van der Waals surface area contributed by atoms with Crippen LogP contribution in [-0.4, -0.2) is 76.8 Å². The summed E-state index contributed by atoms with van der Waals surface area (Å²) in [5.74, 6) is -4.80. The van der Waals surface area contributed by atoms with E-state index in [-0.39, 0.29) is 18.6 Å². The molecule has 0 saturated carbocycles. The van der Waals surface area contributed by atoms with Gasteiger partial charge in [0.05, 0.1) is 6.54 Å². The van der Waals surface area contributed by atoms with Crippen molar-refractivity contribution in [3.63, 3.8) is 0 Å². The molecule has 13 heteroatoms. The normalized spacial score (nSPS) is 13.6. The van der Waals surface area contributed by atoms with Gasteiger partial charge in [-0.05, 0) is 32.2 Å². The molecule has 0 saturated heterocycles. The van der Waals surface area contributed by atoms with Gasteiger partial charge in [-0.2, -0.15) is 12.6 Å². The topological polar surface area (TPSA) is 214 Å². The third-order valence-electron chi connectivity index (χ3n) is 3.86. The summed E-state index contributed by atoms with van der Waals surface area (Å²) < 4.78 is 0. The minimum Gasteiger partial charge on any atom is -0.481 e. The molecule has 3 amide bonds. The quantitative estimate of drug-likeness (QED) is 0.0998. The number of carbonyl (C=O) groups excluding carboxylic acids is 3. The highest BCUT2D eigenvalue weighted by Gasteiger charge is 2.28. The minimum atomic E-state index is -1.23. The maximum Gasteiger partial charge on any atom is 0.326 e. The Morgan fingerprint density at radius 2 is 1.41 bits per heavy atom. The van der Waals surface area contributed by atoms with Gasteiger partial charge in [-0.15, -0.1) is 0 Å². The second-order valence-electron chi connectivity index (χ2n) is 6.18. The molecule has 166 valence electrons. The summed E-state index contributed by atoms with van der Waals surface area (Å²) in [4.78, 5) is 58.3. The molecule has 0 aromatic carbocycles. The van der Waals surface area contributed by atoms with Gasteiger partial charge in [0.1, 0.15) is 18.1 Å². The zero-order chi connectivity index (χ0) is 22.4.